The second-order valence-corrected chi connectivity index (χ2v) is 2.78. The van der Waals surface area contributed by atoms with Crippen molar-refractivity contribution in [2.75, 3.05) is 0 Å². The van der Waals surface area contributed by atoms with Crippen LogP contribution in [0.4, 0.5) is 0 Å². The molecule has 0 aromatic carbocycles. The average molecular weight is 112 g/mol. The first-order chi connectivity index (χ1) is 3.95. The Balaban J connectivity index is 0.000000147. The van der Waals surface area contributed by atoms with Crippen molar-refractivity contribution in [2.24, 2.45) is 11.8 Å². The molecule has 0 amide bonds. The molecule has 0 heterocycles. The van der Waals surface area contributed by atoms with Crippen LogP contribution in [0.25, 0.3) is 0 Å². The summed E-state index contributed by atoms with van der Waals surface area (Å²) in [7, 11) is 0. The van der Waals surface area contributed by atoms with Gasteiger partial charge in [-0.05, 0) is 24.7 Å². The SMILES string of the molecule is C1CC2CC1C2.CC. The molecule has 0 heteroatoms. The molecule has 0 aromatic heterocycles. The van der Waals surface area contributed by atoms with Crippen LogP contribution in [0.3, 0.4) is 0 Å². The van der Waals surface area contributed by atoms with E-state index in [-0.39, 0.29) is 0 Å². The van der Waals surface area contributed by atoms with E-state index in [1.807, 2.05) is 13.8 Å². The lowest BCUT2D eigenvalue weighted by Crippen LogP contribution is -2.09. The second-order valence-electron chi connectivity index (χ2n) is 2.78. The Morgan fingerprint density at radius 2 is 1.25 bits per heavy atom. The van der Waals surface area contributed by atoms with Crippen LogP contribution in [-0.2, 0) is 0 Å². The summed E-state index contributed by atoms with van der Waals surface area (Å²) >= 11 is 0. The molecule has 0 N–H and O–H groups in total. The molecule has 3 rings (SSSR count). The van der Waals surface area contributed by atoms with Gasteiger partial charge < -0.3 is 0 Å². The highest BCUT2D eigenvalue weighted by Gasteiger charge is 2.35. The van der Waals surface area contributed by atoms with Crippen LogP contribution in [0.15, 0.2) is 0 Å². The van der Waals surface area contributed by atoms with Crippen molar-refractivity contribution in [3.05, 3.63) is 0 Å². The van der Waals surface area contributed by atoms with Crippen molar-refractivity contribution < 1.29 is 0 Å². The smallest absolute Gasteiger partial charge is 0.0409 e. The highest BCUT2D eigenvalue weighted by atomic mass is 14.4. The van der Waals surface area contributed by atoms with Crippen molar-refractivity contribution in [1.29, 1.82) is 0 Å². The summed E-state index contributed by atoms with van der Waals surface area (Å²) in [4.78, 5) is 0. The first-order valence-corrected chi connectivity index (χ1v) is 3.95. The molecule has 0 aromatic rings. The van der Waals surface area contributed by atoms with E-state index in [1.165, 1.54) is 11.8 Å². The molecule has 0 atom stereocenters. The highest BCUT2D eigenvalue weighted by molar-refractivity contribution is 4.87. The van der Waals surface area contributed by atoms with E-state index < -0.39 is 0 Å². The summed E-state index contributed by atoms with van der Waals surface area (Å²) in [5.41, 5.74) is 0. The Morgan fingerprint density at radius 3 is 1.38 bits per heavy atom. The predicted octanol–water partition coefficient (Wildman–Crippen LogP) is 2.83. The summed E-state index contributed by atoms with van der Waals surface area (Å²) in [5, 5.41) is 0. The molecule has 3 aliphatic rings. The van der Waals surface area contributed by atoms with E-state index in [4.69, 9.17) is 0 Å². The van der Waals surface area contributed by atoms with Gasteiger partial charge in [0, 0.05) is 0 Å². The van der Waals surface area contributed by atoms with E-state index in [0.29, 0.717) is 0 Å². The number of rotatable bonds is 0. The van der Waals surface area contributed by atoms with Gasteiger partial charge in [0.25, 0.3) is 0 Å². The van der Waals surface area contributed by atoms with E-state index in [0.717, 1.165) is 0 Å². The molecule has 2 bridgehead atoms. The minimum atomic E-state index is 1.19. The molecule has 0 aliphatic heterocycles. The van der Waals surface area contributed by atoms with Gasteiger partial charge in [0.2, 0.25) is 0 Å². The van der Waals surface area contributed by atoms with E-state index >= 15 is 0 Å². The van der Waals surface area contributed by atoms with Gasteiger partial charge in [-0.25, -0.2) is 0 Å². The maximum absolute atomic E-state index is 2.00. The predicted molar refractivity (Wildman–Crippen MR) is 36.8 cm³/mol. The lowest BCUT2D eigenvalue weighted by molar-refractivity contribution is 0.304. The van der Waals surface area contributed by atoms with Gasteiger partial charge in [-0.2, -0.15) is 0 Å². The van der Waals surface area contributed by atoms with Crippen LogP contribution in [-0.4, -0.2) is 0 Å². The third kappa shape index (κ3) is 0.888. The Labute approximate surface area is 52.3 Å². The standard InChI is InChI=1S/C6H10.C2H6/c1-2-6-3-5(1)4-6;1-2/h5-6H,1-4H2;1-2H3. The topological polar surface area (TPSA) is 0 Å². The monoisotopic (exact) mass is 112 g/mol. The van der Waals surface area contributed by atoms with Gasteiger partial charge in [0.1, 0.15) is 0 Å². The molecule has 48 valence electrons. The van der Waals surface area contributed by atoms with Crippen LogP contribution >= 0.6 is 0 Å². The van der Waals surface area contributed by atoms with Gasteiger partial charge in [0.15, 0.2) is 0 Å². The van der Waals surface area contributed by atoms with Crippen molar-refractivity contribution in [3.63, 3.8) is 0 Å². The average Bonchev–Trinajstić information content (AvgIpc) is 2.24. The molecule has 3 saturated carbocycles. The van der Waals surface area contributed by atoms with Crippen LogP contribution in [0.1, 0.15) is 39.5 Å². The molecule has 0 radical (unpaired) electrons. The maximum Gasteiger partial charge on any atom is -0.0409 e. The second kappa shape index (κ2) is 2.52. The van der Waals surface area contributed by atoms with Gasteiger partial charge in [0.05, 0.1) is 0 Å². The Bertz CT molecular complexity index is 46.9. The largest absolute Gasteiger partial charge is 0.0683 e. The minimum Gasteiger partial charge on any atom is -0.0683 e. The normalized spacial score (nSPS) is 39.8. The summed E-state index contributed by atoms with van der Waals surface area (Å²) < 4.78 is 0. The summed E-state index contributed by atoms with van der Waals surface area (Å²) in [6, 6.07) is 0. The zero-order valence-corrected chi connectivity index (χ0v) is 5.98. The molecular weight excluding hydrogens is 96.1 g/mol. The Hall–Kier alpha value is 0. The van der Waals surface area contributed by atoms with E-state index in [9.17, 15) is 0 Å². The summed E-state index contributed by atoms with van der Waals surface area (Å²) in [6.45, 7) is 4.00. The first kappa shape index (κ1) is 6.12. The van der Waals surface area contributed by atoms with Crippen molar-refractivity contribution >= 4 is 0 Å². The molecular formula is C8H16. The zero-order chi connectivity index (χ0) is 5.98. The third-order valence-corrected chi connectivity index (χ3v) is 2.32. The van der Waals surface area contributed by atoms with Gasteiger partial charge >= 0.3 is 0 Å². The van der Waals surface area contributed by atoms with E-state index in [2.05, 4.69) is 0 Å². The van der Waals surface area contributed by atoms with E-state index in [1.54, 1.807) is 25.7 Å². The highest BCUT2D eigenvalue weighted by Crippen LogP contribution is 2.47. The molecule has 0 spiro atoms. The fourth-order valence-corrected chi connectivity index (χ4v) is 1.82. The molecule has 3 aliphatic carbocycles. The number of fused-ring (bicyclic) bond motifs is 1. The van der Waals surface area contributed by atoms with Crippen molar-refractivity contribution in [3.8, 4) is 0 Å². The zero-order valence-electron chi connectivity index (χ0n) is 5.98. The number of hydrogen-bond donors (Lipinski definition) is 0. The molecule has 8 heavy (non-hydrogen) atoms. The van der Waals surface area contributed by atoms with Crippen LogP contribution in [0, 0.1) is 11.8 Å². The quantitative estimate of drug-likeness (QED) is 0.452. The molecule has 0 saturated heterocycles. The summed E-state index contributed by atoms with van der Waals surface area (Å²) in [5.74, 6) is 2.38. The van der Waals surface area contributed by atoms with Gasteiger partial charge in [-0.1, -0.05) is 26.7 Å². The maximum atomic E-state index is 2.00. The van der Waals surface area contributed by atoms with Crippen molar-refractivity contribution in [1.82, 2.24) is 0 Å². The summed E-state index contributed by atoms with van der Waals surface area (Å²) in [6.07, 6.45) is 6.29. The number of hydrogen-bond acceptors (Lipinski definition) is 0. The third-order valence-electron chi connectivity index (χ3n) is 2.32. The Morgan fingerprint density at radius 1 is 0.875 bits per heavy atom. The molecule has 3 fully saturated rings. The fourth-order valence-electron chi connectivity index (χ4n) is 1.82. The Kier molecular flexibility index (Phi) is 1.93. The van der Waals surface area contributed by atoms with Crippen LogP contribution in [0.5, 0.6) is 0 Å². The lowest BCUT2D eigenvalue weighted by Gasteiger charge is -2.21. The van der Waals surface area contributed by atoms with Crippen LogP contribution < -0.4 is 0 Å². The first-order valence-electron chi connectivity index (χ1n) is 3.95. The molecule has 0 unspecified atom stereocenters. The fraction of sp³-hybridized carbons (Fsp3) is 1.00. The van der Waals surface area contributed by atoms with Crippen LogP contribution in [0.2, 0.25) is 0 Å². The van der Waals surface area contributed by atoms with Crippen molar-refractivity contribution in [2.45, 2.75) is 39.5 Å². The van der Waals surface area contributed by atoms with Gasteiger partial charge in [-0.15, -0.1) is 0 Å². The van der Waals surface area contributed by atoms with Gasteiger partial charge in [-0.3, -0.25) is 0 Å². The lowest BCUT2D eigenvalue weighted by atomic mass is 9.85. The minimum absolute atomic E-state index is 1.19. The molecule has 0 nitrogen and oxygen atoms in total.